The fraction of sp³-hybridized carbons (Fsp3) is 0.150. The van der Waals surface area contributed by atoms with Crippen LogP contribution < -0.4 is 5.56 Å². The van der Waals surface area contributed by atoms with Gasteiger partial charge in [0.2, 0.25) is 5.88 Å². The van der Waals surface area contributed by atoms with E-state index in [-0.39, 0.29) is 16.2 Å². The Morgan fingerprint density at radius 2 is 1.96 bits per heavy atom. The lowest BCUT2D eigenvalue weighted by Crippen LogP contribution is -2.18. The van der Waals surface area contributed by atoms with E-state index in [2.05, 4.69) is 32.8 Å². The number of aliphatic imine (C=N–C) groups is 1. The third-order valence-electron chi connectivity index (χ3n) is 4.22. The number of benzene rings is 2. The van der Waals surface area contributed by atoms with Gasteiger partial charge >= 0.3 is 0 Å². The Morgan fingerprint density at radius 1 is 1.26 bits per heavy atom. The van der Waals surface area contributed by atoms with E-state index < -0.39 is 5.56 Å². The molecule has 0 saturated heterocycles. The molecule has 0 aliphatic rings. The van der Waals surface area contributed by atoms with E-state index in [4.69, 9.17) is 12.2 Å². The molecule has 0 radical (unpaired) electrons. The van der Waals surface area contributed by atoms with E-state index in [1.54, 1.807) is 0 Å². The molecule has 27 heavy (non-hydrogen) atoms. The van der Waals surface area contributed by atoms with Crippen LogP contribution in [-0.4, -0.2) is 20.9 Å². The fourth-order valence-corrected chi connectivity index (χ4v) is 3.43. The topological polar surface area (TPSA) is 70.4 Å². The van der Waals surface area contributed by atoms with Crippen molar-refractivity contribution < 1.29 is 5.11 Å². The van der Waals surface area contributed by atoms with Crippen molar-refractivity contribution in [2.24, 2.45) is 4.99 Å². The summed E-state index contributed by atoms with van der Waals surface area (Å²) >= 11 is 8.65. The number of nitrogens with one attached hydrogen (secondary N) is 1. The summed E-state index contributed by atoms with van der Waals surface area (Å²) in [5.41, 5.74) is 3.04. The summed E-state index contributed by atoms with van der Waals surface area (Å²) in [5.74, 6) is -0.244. The van der Waals surface area contributed by atoms with Crippen LogP contribution in [0.25, 0.3) is 5.69 Å². The van der Waals surface area contributed by atoms with Crippen molar-refractivity contribution in [1.29, 1.82) is 0 Å². The lowest BCUT2D eigenvalue weighted by molar-refractivity contribution is 0.432. The van der Waals surface area contributed by atoms with Gasteiger partial charge in [-0.3, -0.25) is 19.3 Å². The normalized spacial score (nSPS) is 11.2. The zero-order valence-electron chi connectivity index (χ0n) is 14.9. The quantitative estimate of drug-likeness (QED) is 0.440. The minimum atomic E-state index is -0.488. The maximum Gasteiger partial charge on any atom is 0.264 e. The number of hydrogen-bond acceptors (Lipinski definition) is 4. The zero-order chi connectivity index (χ0) is 19.6. The average Bonchev–Trinajstić information content (AvgIpc) is 2.63. The Labute approximate surface area is 170 Å². The second-order valence-electron chi connectivity index (χ2n) is 6.04. The van der Waals surface area contributed by atoms with Crippen LogP contribution in [0.15, 0.2) is 56.7 Å². The molecule has 5 nitrogen and oxygen atoms in total. The monoisotopic (exact) mass is 443 g/mol. The number of aromatic nitrogens is 2. The predicted molar refractivity (Wildman–Crippen MR) is 114 cm³/mol. The third kappa shape index (κ3) is 4.09. The van der Waals surface area contributed by atoms with Crippen molar-refractivity contribution in [3.8, 4) is 11.6 Å². The molecule has 7 heteroatoms. The molecule has 1 heterocycles. The second-order valence-corrected chi connectivity index (χ2v) is 7.34. The second kappa shape index (κ2) is 8.02. The molecule has 0 atom stereocenters. The van der Waals surface area contributed by atoms with E-state index in [1.165, 1.54) is 16.3 Å². The van der Waals surface area contributed by atoms with Crippen LogP contribution in [0.2, 0.25) is 0 Å². The first-order valence-electron chi connectivity index (χ1n) is 8.38. The number of aryl methyl sites for hydroxylation is 2. The summed E-state index contributed by atoms with van der Waals surface area (Å²) in [6, 6.07) is 13.3. The summed E-state index contributed by atoms with van der Waals surface area (Å²) in [5, 5.41) is 10.7. The zero-order valence-corrected chi connectivity index (χ0v) is 17.3. The Bertz CT molecular complexity index is 1130. The molecular weight excluding hydrogens is 426 g/mol. The first kappa shape index (κ1) is 19.3. The van der Waals surface area contributed by atoms with Crippen molar-refractivity contribution in [1.82, 2.24) is 9.55 Å². The van der Waals surface area contributed by atoms with Crippen LogP contribution in [0.5, 0.6) is 5.88 Å². The first-order valence-corrected chi connectivity index (χ1v) is 9.58. The van der Waals surface area contributed by atoms with Gasteiger partial charge in [0.15, 0.2) is 4.77 Å². The number of rotatable bonds is 4. The molecular formula is C20H18BrN3O2S. The maximum atomic E-state index is 12.3. The smallest absolute Gasteiger partial charge is 0.264 e. The molecule has 0 aliphatic heterocycles. The first-order chi connectivity index (χ1) is 12.9. The largest absolute Gasteiger partial charge is 0.494 e. The molecule has 2 aromatic carbocycles. The van der Waals surface area contributed by atoms with Gasteiger partial charge < -0.3 is 5.11 Å². The van der Waals surface area contributed by atoms with Crippen LogP contribution in [-0.2, 0) is 6.42 Å². The SMILES string of the molecule is CCc1ccc(-n2c(O)c(C=Nc3ccc(Br)cc3C)c(=O)[nH]c2=S)cc1. The summed E-state index contributed by atoms with van der Waals surface area (Å²) in [7, 11) is 0. The molecule has 0 aliphatic carbocycles. The number of halogens is 1. The van der Waals surface area contributed by atoms with E-state index >= 15 is 0 Å². The van der Waals surface area contributed by atoms with Crippen molar-refractivity contribution in [3.63, 3.8) is 0 Å². The number of aromatic hydroxyl groups is 1. The molecule has 0 unspecified atom stereocenters. The van der Waals surface area contributed by atoms with Gasteiger partial charge in [-0.25, -0.2) is 0 Å². The van der Waals surface area contributed by atoms with Gasteiger partial charge in [0.05, 0.1) is 11.4 Å². The highest BCUT2D eigenvalue weighted by Crippen LogP contribution is 2.24. The minimum Gasteiger partial charge on any atom is -0.494 e. The summed E-state index contributed by atoms with van der Waals surface area (Å²) in [6.07, 6.45) is 2.27. The highest BCUT2D eigenvalue weighted by molar-refractivity contribution is 9.10. The summed E-state index contributed by atoms with van der Waals surface area (Å²) in [6.45, 7) is 3.99. The molecule has 3 aromatic rings. The number of hydrogen-bond donors (Lipinski definition) is 2. The highest BCUT2D eigenvalue weighted by atomic mass is 79.9. The van der Waals surface area contributed by atoms with Crippen LogP contribution in [0.3, 0.4) is 0 Å². The van der Waals surface area contributed by atoms with Gasteiger partial charge in [-0.2, -0.15) is 0 Å². The predicted octanol–water partition coefficient (Wildman–Crippen LogP) is 4.98. The fourth-order valence-electron chi connectivity index (χ4n) is 2.67. The lowest BCUT2D eigenvalue weighted by Gasteiger charge is -2.11. The molecule has 0 saturated carbocycles. The number of nitrogens with zero attached hydrogens (tertiary/aromatic N) is 2. The molecule has 0 spiro atoms. The molecule has 0 amide bonds. The Balaban J connectivity index is 2.09. The average molecular weight is 444 g/mol. The molecule has 1 aromatic heterocycles. The van der Waals surface area contributed by atoms with Crippen LogP contribution >= 0.6 is 28.1 Å². The van der Waals surface area contributed by atoms with Gasteiger partial charge in [0.1, 0.15) is 5.56 Å². The standard InChI is InChI=1S/C20H18BrN3O2S/c1-3-13-4-7-15(8-5-13)24-19(26)16(18(25)23-20(24)27)11-22-17-9-6-14(21)10-12(17)2/h4-11,26H,3H2,1-2H3,(H,23,25,27). The molecule has 2 N–H and O–H groups in total. The number of H-pyrrole nitrogens is 1. The summed E-state index contributed by atoms with van der Waals surface area (Å²) in [4.78, 5) is 19.3. The van der Waals surface area contributed by atoms with Crippen LogP contribution in [0.1, 0.15) is 23.6 Å². The van der Waals surface area contributed by atoms with E-state index in [1.807, 2.05) is 49.4 Å². The van der Waals surface area contributed by atoms with Crippen molar-refractivity contribution in [2.75, 3.05) is 0 Å². The Kier molecular flexibility index (Phi) is 5.72. The van der Waals surface area contributed by atoms with E-state index in [0.29, 0.717) is 11.4 Å². The lowest BCUT2D eigenvalue weighted by atomic mass is 10.1. The van der Waals surface area contributed by atoms with Crippen molar-refractivity contribution in [3.05, 3.63) is 78.8 Å². The molecule has 0 bridgehead atoms. The Hall–Kier alpha value is -2.51. The summed E-state index contributed by atoms with van der Waals surface area (Å²) < 4.78 is 2.49. The van der Waals surface area contributed by atoms with Gasteiger partial charge in [0, 0.05) is 10.7 Å². The van der Waals surface area contributed by atoms with Crippen LogP contribution in [0.4, 0.5) is 5.69 Å². The molecule has 3 rings (SSSR count). The van der Waals surface area contributed by atoms with Gasteiger partial charge in [-0.1, -0.05) is 35.0 Å². The van der Waals surface area contributed by atoms with Crippen LogP contribution in [0, 0.1) is 11.7 Å². The van der Waals surface area contributed by atoms with Gasteiger partial charge in [0.25, 0.3) is 5.56 Å². The molecule has 138 valence electrons. The van der Waals surface area contributed by atoms with Gasteiger partial charge in [-0.05, 0) is 67.0 Å². The number of aromatic amines is 1. The highest BCUT2D eigenvalue weighted by Gasteiger charge is 2.12. The van der Waals surface area contributed by atoms with Crippen molar-refractivity contribution >= 4 is 40.0 Å². The maximum absolute atomic E-state index is 12.3. The molecule has 0 fully saturated rings. The Morgan fingerprint density at radius 3 is 2.59 bits per heavy atom. The van der Waals surface area contributed by atoms with E-state index in [9.17, 15) is 9.90 Å². The van der Waals surface area contributed by atoms with E-state index in [0.717, 1.165) is 16.5 Å². The van der Waals surface area contributed by atoms with Gasteiger partial charge in [-0.15, -0.1) is 0 Å². The third-order valence-corrected chi connectivity index (χ3v) is 4.99. The minimum absolute atomic E-state index is 0.0467. The van der Waals surface area contributed by atoms with Crippen molar-refractivity contribution in [2.45, 2.75) is 20.3 Å².